The van der Waals surface area contributed by atoms with Crippen molar-refractivity contribution in [2.24, 2.45) is 22.3 Å². The molecular formula is C33H49N3O11P+. The van der Waals surface area contributed by atoms with Gasteiger partial charge in [0.1, 0.15) is 13.1 Å². The van der Waals surface area contributed by atoms with E-state index in [1.165, 1.54) is 14.0 Å². The van der Waals surface area contributed by atoms with Gasteiger partial charge in [0.2, 0.25) is 12.6 Å². The molecule has 0 aliphatic rings. The summed E-state index contributed by atoms with van der Waals surface area (Å²) >= 11 is 0. The molecule has 14 nitrogen and oxygen atoms in total. The van der Waals surface area contributed by atoms with Crippen molar-refractivity contribution in [2.45, 2.75) is 79.9 Å². The lowest BCUT2D eigenvalue weighted by Crippen LogP contribution is -2.58. The molecule has 0 fully saturated rings. The van der Waals surface area contributed by atoms with Gasteiger partial charge in [0.25, 0.3) is 0 Å². The molecule has 3 atom stereocenters. The average molecular weight is 695 g/mol. The van der Waals surface area contributed by atoms with E-state index in [2.05, 4.69) is 4.76 Å². The van der Waals surface area contributed by atoms with Crippen LogP contribution in [0.25, 0.3) is 0 Å². The second-order valence-electron chi connectivity index (χ2n) is 11.9. The van der Waals surface area contributed by atoms with Crippen molar-refractivity contribution in [1.82, 2.24) is 0 Å². The summed E-state index contributed by atoms with van der Waals surface area (Å²) in [4.78, 5) is 42.6. The van der Waals surface area contributed by atoms with Crippen LogP contribution in [0.2, 0.25) is 0 Å². The van der Waals surface area contributed by atoms with Crippen LogP contribution >= 0.6 is 7.75 Å². The van der Waals surface area contributed by atoms with Crippen LogP contribution in [0.4, 0.5) is 9.59 Å². The maximum Gasteiger partial charge on any atom is 0.510 e. The number of hydrogen-bond donors (Lipinski definition) is 1. The predicted octanol–water partition coefficient (Wildman–Crippen LogP) is 6.53. The number of hydrogen-bond acceptors (Lipinski definition) is 11. The fourth-order valence-electron chi connectivity index (χ4n) is 3.84. The topological polar surface area (TPSA) is 171 Å². The zero-order valence-corrected chi connectivity index (χ0v) is 29.8. The number of nitrogens with zero attached hydrogens (tertiary/aromatic N) is 2. The number of ether oxygens (including phenoxy) is 4. The Bertz CT molecular complexity index is 1310. The molecule has 0 aromatic heterocycles. The van der Waals surface area contributed by atoms with Gasteiger partial charge in [-0.1, -0.05) is 93.0 Å². The summed E-state index contributed by atoms with van der Waals surface area (Å²) in [7, 11) is -3.42. The Morgan fingerprint density at radius 2 is 1.15 bits per heavy atom. The standard InChI is InChI=1S/C33H49N3O11P/c1-23(2)29(43-32(38)41-21-19-27-15-11-9-12-16-27)46-48(40,35-31(34)36(8,25(5)6)45-26(7)37)47-30(24(3)4)44-33(39)42-22-20-28-17-13-10-14-18-28/h9-18,23-25,29-30H,19-22H2,1-8H3,(H2,34,35,40)/q+1. The molecule has 0 bridgehead atoms. The van der Waals surface area contributed by atoms with E-state index in [0.717, 1.165) is 11.1 Å². The highest BCUT2D eigenvalue weighted by Crippen LogP contribution is 2.54. The summed E-state index contributed by atoms with van der Waals surface area (Å²) in [6, 6.07) is 18.2. The van der Waals surface area contributed by atoms with E-state index in [4.69, 9.17) is 38.6 Å². The predicted molar refractivity (Wildman–Crippen MR) is 177 cm³/mol. The first-order valence-electron chi connectivity index (χ1n) is 15.7. The van der Waals surface area contributed by atoms with E-state index in [0.29, 0.717) is 12.8 Å². The molecule has 48 heavy (non-hydrogen) atoms. The second kappa shape index (κ2) is 19.1. The minimum absolute atomic E-state index is 0.00911. The van der Waals surface area contributed by atoms with Gasteiger partial charge in [0.15, 0.2) is 0 Å². The first kappa shape index (κ1) is 40.2. The van der Waals surface area contributed by atoms with E-state index in [9.17, 15) is 18.9 Å². The molecule has 0 spiro atoms. The van der Waals surface area contributed by atoms with Gasteiger partial charge in [0.05, 0.1) is 13.2 Å². The molecule has 0 saturated heterocycles. The molecule has 2 N–H and O–H groups in total. The number of rotatable bonds is 16. The Hall–Kier alpha value is -3.97. The van der Waals surface area contributed by atoms with Gasteiger partial charge in [-0.15, -0.1) is 4.76 Å². The molecule has 0 saturated carbocycles. The lowest BCUT2D eigenvalue weighted by Gasteiger charge is -2.33. The monoisotopic (exact) mass is 694 g/mol. The van der Waals surface area contributed by atoms with E-state index >= 15 is 0 Å². The lowest BCUT2D eigenvalue weighted by atomic mass is 10.2. The van der Waals surface area contributed by atoms with Crippen molar-refractivity contribution < 1.29 is 56.4 Å². The molecule has 0 aliphatic carbocycles. The van der Waals surface area contributed by atoms with Gasteiger partial charge < -0.3 is 24.7 Å². The molecular weight excluding hydrogens is 645 g/mol. The van der Waals surface area contributed by atoms with E-state index in [1.54, 1.807) is 41.5 Å². The smallest absolute Gasteiger partial charge is 0.434 e. The number of carbonyl (C=O) groups excluding carboxylic acids is 3. The van der Waals surface area contributed by atoms with Crippen LogP contribution in [-0.2, 0) is 55.0 Å². The molecule has 2 rings (SSSR count). The van der Waals surface area contributed by atoms with Crippen LogP contribution in [0.3, 0.4) is 0 Å². The third-order valence-corrected chi connectivity index (χ3v) is 8.28. The molecule has 15 heteroatoms. The van der Waals surface area contributed by atoms with Gasteiger partial charge in [-0.05, 0) is 25.0 Å². The minimum Gasteiger partial charge on any atom is -0.434 e. The van der Waals surface area contributed by atoms with Gasteiger partial charge in [-0.3, -0.25) is 4.84 Å². The summed E-state index contributed by atoms with van der Waals surface area (Å²) in [5, 5.41) is 0. The van der Waals surface area contributed by atoms with Crippen LogP contribution in [0.15, 0.2) is 65.4 Å². The van der Waals surface area contributed by atoms with Gasteiger partial charge in [-0.25, -0.2) is 28.0 Å². The SMILES string of the molecule is CC(=O)O[N+](C)(C(N)=NP(=O)(OC(OC(=O)OCCc1ccccc1)C(C)C)OC(OC(=O)OCCc1ccccc1)C(C)C)C(C)C. The lowest BCUT2D eigenvalue weighted by molar-refractivity contribution is -1.02. The number of hydroxylamine groups is 3. The first-order chi connectivity index (χ1) is 22.5. The number of guanidine groups is 1. The molecule has 2 aromatic carbocycles. The highest BCUT2D eigenvalue weighted by Gasteiger charge is 2.44. The summed E-state index contributed by atoms with van der Waals surface area (Å²) < 4.78 is 50.4. The Kier molecular flexibility index (Phi) is 16.0. The van der Waals surface area contributed by atoms with E-state index in [-0.39, 0.29) is 13.2 Å². The van der Waals surface area contributed by atoms with E-state index in [1.807, 2.05) is 60.7 Å². The van der Waals surface area contributed by atoms with Crippen molar-refractivity contribution in [3.8, 4) is 0 Å². The zero-order valence-electron chi connectivity index (χ0n) is 28.9. The summed E-state index contributed by atoms with van der Waals surface area (Å²) in [5.74, 6) is -2.35. The third kappa shape index (κ3) is 13.6. The Morgan fingerprint density at radius 1 is 0.750 bits per heavy atom. The third-order valence-electron chi connectivity index (χ3n) is 6.88. The second-order valence-corrected chi connectivity index (χ2v) is 13.5. The highest BCUT2D eigenvalue weighted by molar-refractivity contribution is 7.52. The van der Waals surface area contributed by atoms with Crippen LogP contribution in [-0.4, -0.2) is 67.8 Å². The maximum absolute atomic E-state index is 14.4. The summed E-state index contributed by atoms with van der Waals surface area (Å²) in [5.41, 5.74) is 8.18. The van der Waals surface area contributed by atoms with Crippen molar-refractivity contribution >= 4 is 32.0 Å². The summed E-state index contributed by atoms with van der Waals surface area (Å²) in [6.45, 7) is 11.1. The van der Waals surface area contributed by atoms with Crippen molar-refractivity contribution in [1.29, 1.82) is 0 Å². The fraction of sp³-hybridized carbons (Fsp3) is 0.515. The van der Waals surface area contributed by atoms with Gasteiger partial charge in [0, 0.05) is 31.6 Å². The molecule has 3 unspecified atom stereocenters. The number of benzene rings is 2. The van der Waals surface area contributed by atoms with Crippen LogP contribution in [0, 0.1) is 11.8 Å². The summed E-state index contributed by atoms with van der Waals surface area (Å²) in [6.07, 6.45) is -4.35. The number of carbonyl (C=O) groups is 3. The number of nitrogens with two attached hydrogens (primary N) is 1. The molecule has 0 radical (unpaired) electrons. The van der Waals surface area contributed by atoms with Crippen molar-refractivity contribution in [3.63, 3.8) is 0 Å². The number of quaternary nitrogens is 1. The van der Waals surface area contributed by atoms with Crippen LogP contribution in [0.1, 0.15) is 59.6 Å². The highest BCUT2D eigenvalue weighted by atomic mass is 31.2. The molecule has 266 valence electrons. The minimum atomic E-state index is -4.84. The molecule has 0 aliphatic heterocycles. The zero-order chi connectivity index (χ0) is 35.9. The first-order valence-corrected chi connectivity index (χ1v) is 17.2. The Morgan fingerprint density at radius 3 is 1.48 bits per heavy atom. The van der Waals surface area contributed by atoms with Crippen molar-refractivity contribution in [2.75, 3.05) is 20.3 Å². The fourth-order valence-corrected chi connectivity index (χ4v) is 5.51. The van der Waals surface area contributed by atoms with Gasteiger partial charge in [-0.2, -0.15) is 0 Å². The van der Waals surface area contributed by atoms with Crippen LogP contribution in [0.5, 0.6) is 0 Å². The normalized spacial score (nSPS) is 15.6. The Balaban J connectivity index is 2.31. The molecule has 2 aromatic rings. The maximum atomic E-state index is 14.4. The molecule has 0 amide bonds. The van der Waals surface area contributed by atoms with Crippen molar-refractivity contribution in [3.05, 3.63) is 71.8 Å². The van der Waals surface area contributed by atoms with Crippen LogP contribution < -0.4 is 5.73 Å². The van der Waals surface area contributed by atoms with Gasteiger partial charge >= 0.3 is 32.0 Å². The van der Waals surface area contributed by atoms with E-state index < -0.39 is 67.1 Å². The molecule has 0 heterocycles. The average Bonchev–Trinajstić information content (AvgIpc) is 3.00. The largest absolute Gasteiger partial charge is 0.510 e. The quantitative estimate of drug-likeness (QED) is 0.0384. The Labute approximate surface area is 282 Å².